The third-order valence-corrected chi connectivity index (χ3v) is 3.98. The standard InChI is InChI=1S/C6H15O2P.Na.H/c1-4-8-9(7,5-2)6-3;;/h4-6H2,1-3H3;;. The van der Waals surface area contributed by atoms with Crippen molar-refractivity contribution >= 4 is 36.9 Å². The van der Waals surface area contributed by atoms with E-state index in [1.54, 1.807) is 0 Å². The maximum atomic E-state index is 11.3. The fraction of sp³-hybridized carbons (Fsp3) is 1.00. The van der Waals surface area contributed by atoms with Gasteiger partial charge in [-0.1, -0.05) is 13.8 Å². The second kappa shape index (κ2) is 6.87. The molecule has 4 heteroatoms. The Labute approximate surface area is 85.5 Å². The van der Waals surface area contributed by atoms with Crippen LogP contribution in [0.25, 0.3) is 0 Å². The van der Waals surface area contributed by atoms with Gasteiger partial charge in [-0.3, -0.25) is 4.57 Å². The monoisotopic (exact) mass is 174 g/mol. The molecule has 10 heavy (non-hydrogen) atoms. The average molecular weight is 174 g/mol. The molecule has 0 aliphatic heterocycles. The van der Waals surface area contributed by atoms with Crippen molar-refractivity contribution in [2.24, 2.45) is 0 Å². The van der Waals surface area contributed by atoms with E-state index in [0.717, 1.165) is 0 Å². The number of hydrogen-bond acceptors (Lipinski definition) is 2. The Morgan fingerprint density at radius 3 is 1.70 bits per heavy atom. The Morgan fingerprint density at radius 2 is 1.60 bits per heavy atom. The topological polar surface area (TPSA) is 26.3 Å². The summed E-state index contributed by atoms with van der Waals surface area (Å²) in [7, 11) is -2.18. The van der Waals surface area contributed by atoms with Crippen LogP contribution in [0, 0.1) is 0 Å². The van der Waals surface area contributed by atoms with Crippen molar-refractivity contribution in [1.82, 2.24) is 0 Å². The first-order valence-electron chi connectivity index (χ1n) is 3.41. The summed E-state index contributed by atoms with van der Waals surface area (Å²) in [5, 5.41) is 0. The van der Waals surface area contributed by atoms with Crippen LogP contribution in [0.2, 0.25) is 0 Å². The Kier molecular flexibility index (Phi) is 9.46. The van der Waals surface area contributed by atoms with Gasteiger partial charge in [-0.25, -0.2) is 0 Å². The third kappa shape index (κ3) is 4.92. The summed E-state index contributed by atoms with van der Waals surface area (Å²) < 4.78 is 16.4. The first-order chi connectivity index (χ1) is 4.18. The van der Waals surface area contributed by atoms with Gasteiger partial charge in [0.05, 0.1) is 6.61 Å². The van der Waals surface area contributed by atoms with E-state index in [9.17, 15) is 4.57 Å². The molecule has 0 aromatic rings. The van der Waals surface area contributed by atoms with E-state index < -0.39 is 7.37 Å². The summed E-state index contributed by atoms with van der Waals surface area (Å²) in [5.41, 5.74) is 0. The number of rotatable bonds is 4. The molecule has 0 spiro atoms. The summed E-state index contributed by atoms with van der Waals surface area (Å²) >= 11 is 0. The normalized spacial score (nSPS) is 10.7. The molecule has 0 aromatic carbocycles. The molecule has 58 valence electrons. The zero-order valence-corrected chi connectivity index (χ0v) is 7.28. The quantitative estimate of drug-likeness (QED) is 0.479. The predicted octanol–water partition coefficient (Wildman–Crippen LogP) is 1.69. The van der Waals surface area contributed by atoms with E-state index in [-0.39, 0.29) is 29.6 Å². The molecule has 0 N–H and O–H groups in total. The van der Waals surface area contributed by atoms with Crippen LogP contribution in [0.5, 0.6) is 0 Å². The molecule has 0 rings (SSSR count). The van der Waals surface area contributed by atoms with Gasteiger partial charge >= 0.3 is 29.6 Å². The number of hydrogen-bond donors (Lipinski definition) is 0. The van der Waals surface area contributed by atoms with Crippen LogP contribution in [-0.2, 0) is 9.09 Å². The van der Waals surface area contributed by atoms with Gasteiger partial charge in [-0.2, -0.15) is 0 Å². The van der Waals surface area contributed by atoms with Gasteiger partial charge in [0.15, 0.2) is 0 Å². The van der Waals surface area contributed by atoms with Gasteiger partial charge in [-0.05, 0) is 6.92 Å². The van der Waals surface area contributed by atoms with Crippen LogP contribution in [0.1, 0.15) is 20.8 Å². The molecule has 0 unspecified atom stereocenters. The Morgan fingerprint density at radius 1 is 1.20 bits per heavy atom. The Hall–Kier alpha value is 1.19. The SMILES string of the molecule is CCOP(=O)(CC)CC.[NaH]. The van der Waals surface area contributed by atoms with E-state index in [1.807, 2.05) is 20.8 Å². The van der Waals surface area contributed by atoms with Crippen LogP contribution in [-0.4, -0.2) is 48.5 Å². The summed E-state index contributed by atoms with van der Waals surface area (Å²) in [6.07, 6.45) is 1.33. The molecule has 0 amide bonds. The van der Waals surface area contributed by atoms with Gasteiger partial charge in [0, 0.05) is 12.3 Å². The van der Waals surface area contributed by atoms with Crippen LogP contribution >= 0.6 is 7.37 Å². The molecule has 0 fully saturated rings. The van der Waals surface area contributed by atoms with Crippen molar-refractivity contribution in [2.75, 3.05) is 18.9 Å². The molecular formula is C6H16NaO2P. The van der Waals surface area contributed by atoms with Crippen molar-refractivity contribution in [3.8, 4) is 0 Å². The van der Waals surface area contributed by atoms with Crippen LogP contribution in [0.4, 0.5) is 0 Å². The average Bonchev–Trinajstić information content (AvgIpc) is 1.89. The Bertz CT molecular complexity index is 108. The molecule has 0 saturated heterocycles. The molecule has 0 atom stereocenters. The summed E-state index contributed by atoms with van der Waals surface area (Å²) in [4.78, 5) is 0. The second-order valence-corrected chi connectivity index (χ2v) is 5.02. The van der Waals surface area contributed by atoms with Gasteiger partial charge in [-0.15, -0.1) is 0 Å². The molecule has 0 heterocycles. The van der Waals surface area contributed by atoms with Crippen molar-refractivity contribution < 1.29 is 9.09 Å². The molecule has 0 aliphatic rings. The fourth-order valence-corrected chi connectivity index (χ4v) is 1.92. The molecule has 0 bridgehead atoms. The van der Waals surface area contributed by atoms with E-state index in [2.05, 4.69) is 0 Å². The summed E-state index contributed by atoms with van der Waals surface area (Å²) in [5.74, 6) is 0. The van der Waals surface area contributed by atoms with E-state index in [4.69, 9.17) is 4.52 Å². The molecule has 0 saturated carbocycles. The van der Waals surface area contributed by atoms with Crippen LogP contribution < -0.4 is 0 Å². The zero-order valence-electron chi connectivity index (χ0n) is 6.39. The van der Waals surface area contributed by atoms with Crippen molar-refractivity contribution in [3.05, 3.63) is 0 Å². The second-order valence-electron chi connectivity index (χ2n) is 1.86. The first-order valence-corrected chi connectivity index (χ1v) is 5.40. The molecule has 0 aromatic heterocycles. The van der Waals surface area contributed by atoms with Crippen LogP contribution in [0.3, 0.4) is 0 Å². The molecule has 0 aliphatic carbocycles. The van der Waals surface area contributed by atoms with Gasteiger partial charge in [0.2, 0.25) is 7.37 Å². The Balaban J connectivity index is 0. The van der Waals surface area contributed by atoms with Gasteiger partial charge in [0.1, 0.15) is 0 Å². The van der Waals surface area contributed by atoms with E-state index in [1.165, 1.54) is 0 Å². The van der Waals surface area contributed by atoms with E-state index in [0.29, 0.717) is 18.9 Å². The van der Waals surface area contributed by atoms with Crippen molar-refractivity contribution in [3.63, 3.8) is 0 Å². The van der Waals surface area contributed by atoms with Gasteiger partial charge < -0.3 is 4.52 Å². The zero-order chi connectivity index (χ0) is 7.33. The minimum absolute atomic E-state index is 0. The third-order valence-electron chi connectivity index (χ3n) is 1.33. The van der Waals surface area contributed by atoms with Gasteiger partial charge in [0.25, 0.3) is 0 Å². The first kappa shape index (κ1) is 13.8. The molecular weight excluding hydrogens is 158 g/mol. The summed E-state index contributed by atoms with van der Waals surface area (Å²) in [6.45, 7) is 6.25. The molecule has 2 nitrogen and oxygen atoms in total. The van der Waals surface area contributed by atoms with E-state index >= 15 is 0 Å². The molecule has 0 radical (unpaired) electrons. The maximum absolute atomic E-state index is 11.3. The fourth-order valence-electron chi connectivity index (χ4n) is 0.641. The van der Waals surface area contributed by atoms with Crippen molar-refractivity contribution in [2.45, 2.75) is 20.8 Å². The van der Waals surface area contributed by atoms with Crippen molar-refractivity contribution in [1.29, 1.82) is 0 Å². The van der Waals surface area contributed by atoms with Crippen LogP contribution in [0.15, 0.2) is 0 Å². The minimum atomic E-state index is -2.18. The predicted molar refractivity (Wildman–Crippen MR) is 47.5 cm³/mol. The summed E-state index contributed by atoms with van der Waals surface area (Å²) in [6, 6.07) is 0.